The Kier molecular flexibility index (Phi) is 6.21. The van der Waals surface area contributed by atoms with Crippen LogP contribution in [0.5, 0.6) is 5.75 Å². The molecule has 0 aliphatic carbocycles. The number of hydrogen-bond acceptors (Lipinski definition) is 3. The fraction of sp³-hybridized carbons (Fsp3) is 0.500. The highest BCUT2D eigenvalue weighted by Crippen LogP contribution is 2.23. The number of carboxylic acids is 1. The SMILES string of the molecule is COc1cccc(C(C)CC(=O)NC(C(=O)O)C(C)C)c1. The summed E-state index contributed by atoms with van der Waals surface area (Å²) in [4.78, 5) is 23.1. The molecule has 2 atom stereocenters. The summed E-state index contributed by atoms with van der Waals surface area (Å²) in [6.07, 6.45) is 0.240. The maximum absolute atomic E-state index is 12.0. The molecule has 1 aromatic rings. The number of ether oxygens (including phenoxy) is 1. The molecule has 0 aromatic heterocycles. The van der Waals surface area contributed by atoms with Gasteiger partial charge in [-0.1, -0.05) is 32.9 Å². The molecule has 0 fully saturated rings. The summed E-state index contributed by atoms with van der Waals surface area (Å²) in [5.74, 6) is -0.690. The van der Waals surface area contributed by atoms with Crippen molar-refractivity contribution in [1.82, 2.24) is 5.32 Å². The molecule has 5 heteroatoms. The summed E-state index contributed by atoms with van der Waals surface area (Å²) in [6.45, 7) is 5.47. The number of benzene rings is 1. The molecule has 116 valence electrons. The molecule has 0 saturated carbocycles. The van der Waals surface area contributed by atoms with Crippen LogP contribution in [0.4, 0.5) is 0 Å². The standard InChI is InChI=1S/C16H23NO4/c1-10(2)15(16(19)20)17-14(18)8-11(3)12-6-5-7-13(9-12)21-4/h5-7,9-11,15H,8H2,1-4H3,(H,17,18)(H,19,20). The van der Waals surface area contributed by atoms with Gasteiger partial charge >= 0.3 is 5.97 Å². The predicted octanol–water partition coefficient (Wildman–Crippen LogP) is 2.41. The molecule has 1 amide bonds. The molecule has 1 rings (SSSR count). The zero-order valence-electron chi connectivity index (χ0n) is 12.9. The maximum Gasteiger partial charge on any atom is 0.326 e. The highest BCUT2D eigenvalue weighted by molar-refractivity contribution is 5.84. The first-order valence-electron chi connectivity index (χ1n) is 7.01. The van der Waals surface area contributed by atoms with Crippen molar-refractivity contribution in [1.29, 1.82) is 0 Å². The minimum Gasteiger partial charge on any atom is -0.497 e. The van der Waals surface area contributed by atoms with Gasteiger partial charge in [0, 0.05) is 6.42 Å². The zero-order chi connectivity index (χ0) is 16.0. The van der Waals surface area contributed by atoms with Crippen molar-refractivity contribution in [3.8, 4) is 5.75 Å². The summed E-state index contributed by atoms with van der Waals surface area (Å²) >= 11 is 0. The van der Waals surface area contributed by atoms with E-state index in [1.165, 1.54) is 0 Å². The van der Waals surface area contributed by atoms with Gasteiger partial charge in [0.05, 0.1) is 7.11 Å². The third kappa shape index (κ3) is 5.10. The van der Waals surface area contributed by atoms with Gasteiger partial charge in [-0.15, -0.1) is 0 Å². The molecule has 0 aliphatic heterocycles. The molecule has 2 N–H and O–H groups in total. The molecule has 0 spiro atoms. The molecule has 21 heavy (non-hydrogen) atoms. The van der Waals surface area contributed by atoms with Gasteiger partial charge in [-0.3, -0.25) is 4.79 Å². The summed E-state index contributed by atoms with van der Waals surface area (Å²) in [7, 11) is 1.59. The van der Waals surface area contributed by atoms with Gasteiger partial charge in [-0.2, -0.15) is 0 Å². The first kappa shape index (κ1) is 17.0. The number of carboxylic acid groups (broad SMARTS) is 1. The van der Waals surface area contributed by atoms with Gasteiger partial charge in [0.2, 0.25) is 5.91 Å². The van der Waals surface area contributed by atoms with E-state index in [1.807, 2.05) is 31.2 Å². The third-order valence-corrected chi connectivity index (χ3v) is 3.40. The fourth-order valence-corrected chi connectivity index (χ4v) is 2.09. The first-order chi connectivity index (χ1) is 9.85. The molecule has 0 saturated heterocycles. The molecule has 0 bridgehead atoms. The molecule has 5 nitrogen and oxygen atoms in total. The van der Waals surface area contributed by atoms with E-state index in [1.54, 1.807) is 21.0 Å². The topological polar surface area (TPSA) is 75.6 Å². The van der Waals surface area contributed by atoms with Gasteiger partial charge in [0.1, 0.15) is 11.8 Å². The van der Waals surface area contributed by atoms with Gasteiger partial charge in [0.25, 0.3) is 0 Å². The smallest absolute Gasteiger partial charge is 0.326 e. The van der Waals surface area contributed by atoms with Crippen molar-refractivity contribution in [2.75, 3.05) is 7.11 Å². The summed E-state index contributed by atoms with van der Waals surface area (Å²) < 4.78 is 5.16. The Morgan fingerprint density at radius 1 is 1.29 bits per heavy atom. The Balaban J connectivity index is 2.67. The quantitative estimate of drug-likeness (QED) is 0.809. The first-order valence-corrected chi connectivity index (χ1v) is 7.01. The van der Waals surface area contributed by atoms with Crippen molar-refractivity contribution < 1.29 is 19.4 Å². The summed E-state index contributed by atoms with van der Waals surface area (Å²) in [5.41, 5.74) is 0.987. The number of amides is 1. The van der Waals surface area contributed by atoms with E-state index in [-0.39, 0.29) is 24.2 Å². The van der Waals surface area contributed by atoms with Crippen molar-refractivity contribution in [2.24, 2.45) is 5.92 Å². The third-order valence-electron chi connectivity index (χ3n) is 3.40. The molecule has 0 radical (unpaired) electrons. The van der Waals surface area contributed by atoms with E-state index in [0.717, 1.165) is 11.3 Å². The minimum atomic E-state index is -1.01. The molecular weight excluding hydrogens is 270 g/mol. The van der Waals surface area contributed by atoms with Gasteiger partial charge in [0.15, 0.2) is 0 Å². The highest BCUT2D eigenvalue weighted by atomic mass is 16.5. The Hall–Kier alpha value is -2.04. The minimum absolute atomic E-state index is 0.0123. The Morgan fingerprint density at radius 2 is 1.95 bits per heavy atom. The number of aliphatic carboxylic acids is 1. The largest absolute Gasteiger partial charge is 0.497 e. The van der Waals surface area contributed by atoms with E-state index < -0.39 is 12.0 Å². The fourth-order valence-electron chi connectivity index (χ4n) is 2.09. The van der Waals surface area contributed by atoms with Crippen LogP contribution in [-0.4, -0.2) is 30.1 Å². The number of nitrogens with one attached hydrogen (secondary N) is 1. The van der Waals surface area contributed by atoms with Crippen LogP contribution in [0, 0.1) is 5.92 Å². The average molecular weight is 293 g/mol. The van der Waals surface area contributed by atoms with Crippen LogP contribution < -0.4 is 10.1 Å². The van der Waals surface area contributed by atoms with Gasteiger partial charge in [-0.05, 0) is 29.5 Å². The monoisotopic (exact) mass is 293 g/mol. The van der Waals surface area contributed by atoms with Crippen LogP contribution in [0.25, 0.3) is 0 Å². The van der Waals surface area contributed by atoms with E-state index in [9.17, 15) is 9.59 Å². The van der Waals surface area contributed by atoms with Crippen molar-refractivity contribution >= 4 is 11.9 Å². The van der Waals surface area contributed by atoms with Crippen molar-refractivity contribution in [2.45, 2.75) is 39.2 Å². The van der Waals surface area contributed by atoms with E-state index in [4.69, 9.17) is 9.84 Å². The van der Waals surface area contributed by atoms with E-state index in [2.05, 4.69) is 5.32 Å². The summed E-state index contributed by atoms with van der Waals surface area (Å²) in [6, 6.07) is 6.67. The van der Waals surface area contributed by atoms with E-state index in [0.29, 0.717) is 0 Å². The second-order valence-electron chi connectivity index (χ2n) is 5.51. The Bertz CT molecular complexity index is 499. The van der Waals surface area contributed by atoms with Crippen molar-refractivity contribution in [3.05, 3.63) is 29.8 Å². The van der Waals surface area contributed by atoms with Gasteiger partial charge in [-0.25, -0.2) is 4.79 Å². The number of hydrogen-bond donors (Lipinski definition) is 2. The van der Waals surface area contributed by atoms with Crippen LogP contribution in [-0.2, 0) is 9.59 Å². The second-order valence-corrected chi connectivity index (χ2v) is 5.51. The van der Waals surface area contributed by atoms with Crippen LogP contribution >= 0.6 is 0 Å². The second kappa shape index (κ2) is 7.67. The van der Waals surface area contributed by atoms with Crippen molar-refractivity contribution in [3.63, 3.8) is 0 Å². The summed E-state index contributed by atoms with van der Waals surface area (Å²) in [5, 5.41) is 11.7. The normalized spacial score (nSPS) is 13.6. The number of methoxy groups -OCH3 is 1. The zero-order valence-corrected chi connectivity index (χ0v) is 12.9. The number of carbonyl (C=O) groups excluding carboxylic acids is 1. The predicted molar refractivity (Wildman–Crippen MR) is 80.4 cm³/mol. The molecule has 1 aromatic carbocycles. The molecular formula is C16H23NO4. The average Bonchev–Trinajstić information content (AvgIpc) is 2.44. The highest BCUT2D eigenvalue weighted by Gasteiger charge is 2.24. The van der Waals surface area contributed by atoms with Crippen LogP contribution in [0.15, 0.2) is 24.3 Å². The lowest BCUT2D eigenvalue weighted by atomic mass is 9.96. The lowest BCUT2D eigenvalue weighted by molar-refractivity contribution is -0.143. The maximum atomic E-state index is 12.0. The Morgan fingerprint density at radius 3 is 2.48 bits per heavy atom. The lowest BCUT2D eigenvalue weighted by Gasteiger charge is -2.19. The number of carbonyl (C=O) groups is 2. The molecule has 0 heterocycles. The van der Waals surface area contributed by atoms with Crippen LogP contribution in [0.2, 0.25) is 0 Å². The van der Waals surface area contributed by atoms with Crippen LogP contribution in [0.3, 0.4) is 0 Å². The number of rotatable bonds is 7. The molecule has 2 unspecified atom stereocenters. The molecule has 0 aliphatic rings. The van der Waals surface area contributed by atoms with Gasteiger partial charge < -0.3 is 15.2 Å². The van der Waals surface area contributed by atoms with E-state index >= 15 is 0 Å². The Labute approximate surface area is 125 Å². The van der Waals surface area contributed by atoms with Crippen LogP contribution in [0.1, 0.15) is 38.7 Å². The lowest BCUT2D eigenvalue weighted by Crippen LogP contribution is -2.44.